The molecule has 0 spiro atoms. The van der Waals surface area contributed by atoms with Crippen LogP contribution in [0, 0.1) is 12.7 Å². The van der Waals surface area contributed by atoms with Crippen molar-refractivity contribution in [1.82, 2.24) is 5.32 Å². The van der Waals surface area contributed by atoms with Crippen LogP contribution in [0.1, 0.15) is 34.6 Å². The maximum Gasteiger partial charge on any atom is 0.251 e. The maximum atomic E-state index is 13.4. The van der Waals surface area contributed by atoms with E-state index >= 15 is 0 Å². The van der Waals surface area contributed by atoms with Gasteiger partial charge in [0.25, 0.3) is 5.91 Å². The average Bonchev–Trinajstić information content (AvgIpc) is 2.86. The van der Waals surface area contributed by atoms with Crippen molar-refractivity contribution in [2.24, 2.45) is 0 Å². The van der Waals surface area contributed by atoms with Crippen LogP contribution in [0.25, 0.3) is 0 Å². The van der Waals surface area contributed by atoms with Crippen LogP contribution in [0.2, 0.25) is 0 Å². The Hall–Kier alpha value is -2.10. The SMILES string of the molecule is Cc1ccc(C(=O)N[C@@H](C)c2ccco2)cc1F. The molecule has 0 aliphatic heterocycles. The Labute approximate surface area is 105 Å². The number of furan rings is 1. The number of nitrogens with one attached hydrogen (secondary N) is 1. The van der Waals surface area contributed by atoms with Gasteiger partial charge in [0, 0.05) is 5.56 Å². The molecule has 0 saturated heterocycles. The molecule has 2 aromatic rings. The van der Waals surface area contributed by atoms with Crippen molar-refractivity contribution >= 4 is 5.91 Å². The molecule has 94 valence electrons. The molecule has 18 heavy (non-hydrogen) atoms. The van der Waals surface area contributed by atoms with Crippen molar-refractivity contribution in [2.75, 3.05) is 0 Å². The predicted octanol–water partition coefficient (Wildman–Crippen LogP) is 3.22. The monoisotopic (exact) mass is 247 g/mol. The van der Waals surface area contributed by atoms with Gasteiger partial charge in [-0.1, -0.05) is 6.07 Å². The number of halogens is 1. The van der Waals surface area contributed by atoms with Gasteiger partial charge >= 0.3 is 0 Å². The lowest BCUT2D eigenvalue weighted by Crippen LogP contribution is -2.26. The molecule has 0 aliphatic carbocycles. The Kier molecular flexibility index (Phi) is 3.46. The van der Waals surface area contributed by atoms with Crippen LogP contribution in [0.15, 0.2) is 41.0 Å². The molecule has 0 unspecified atom stereocenters. The Morgan fingerprint density at radius 2 is 2.17 bits per heavy atom. The first kappa shape index (κ1) is 12.4. The molecule has 2 rings (SSSR count). The van der Waals surface area contributed by atoms with E-state index in [1.807, 2.05) is 0 Å². The van der Waals surface area contributed by atoms with E-state index < -0.39 is 0 Å². The molecular formula is C14H14FNO2. The second kappa shape index (κ2) is 5.04. The molecule has 1 aromatic heterocycles. The fourth-order valence-corrected chi connectivity index (χ4v) is 1.62. The van der Waals surface area contributed by atoms with Crippen molar-refractivity contribution in [3.63, 3.8) is 0 Å². The molecule has 0 fully saturated rings. The van der Waals surface area contributed by atoms with E-state index in [9.17, 15) is 9.18 Å². The van der Waals surface area contributed by atoms with Crippen LogP contribution in [0.5, 0.6) is 0 Å². The van der Waals surface area contributed by atoms with E-state index in [0.29, 0.717) is 16.9 Å². The van der Waals surface area contributed by atoms with E-state index in [2.05, 4.69) is 5.32 Å². The van der Waals surface area contributed by atoms with Crippen LogP contribution in [0.3, 0.4) is 0 Å². The molecule has 1 aromatic carbocycles. The summed E-state index contributed by atoms with van der Waals surface area (Å²) in [6.07, 6.45) is 1.55. The number of rotatable bonds is 3. The van der Waals surface area contributed by atoms with Gasteiger partial charge < -0.3 is 9.73 Å². The fraction of sp³-hybridized carbons (Fsp3) is 0.214. The summed E-state index contributed by atoms with van der Waals surface area (Å²) in [5.74, 6) is -0.0398. The largest absolute Gasteiger partial charge is 0.467 e. The summed E-state index contributed by atoms with van der Waals surface area (Å²) >= 11 is 0. The fourth-order valence-electron chi connectivity index (χ4n) is 1.62. The second-order valence-corrected chi connectivity index (χ2v) is 4.17. The number of carbonyl (C=O) groups excluding carboxylic acids is 1. The van der Waals surface area contributed by atoms with Gasteiger partial charge in [0.1, 0.15) is 11.6 Å². The van der Waals surface area contributed by atoms with Crippen LogP contribution in [0.4, 0.5) is 4.39 Å². The molecule has 0 aliphatic rings. The lowest BCUT2D eigenvalue weighted by atomic mass is 10.1. The topological polar surface area (TPSA) is 42.2 Å². The van der Waals surface area contributed by atoms with Crippen molar-refractivity contribution in [3.8, 4) is 0 Å². The van der Waals surface area contributed by atoms with Crippen molar-refractivity contribution in [1.29, 1.82) is 0 Å². The lowest BCUT2D eigenvalue weighted by Gasteiger charge is -2.11. The number of benzene rings is 1. The van der Waals surface area contributed by atoms with Gasteiger partial charge in [0.2, 0.25) is 0 Å². The number of carbonyl (C=O) groups is 1. The third-order valence-corrected chi connectivity index (χ3v) is 2.75. The first-order valence-corrected chi connectivity index (χ1v) is 5.68. The van der Waals surface area contributed by atoms with Gasteiger partial charge in [0.05, 0.1) is 12.3 Å². The van der Waals surface area contributed by atoms with E-state index in [1.165, 1.54) is 6.07 Å². The third-order valence-electron chi connectivity index (χ3n) is 2.75. The number of amides is 1. The molecule has 1 heterocycles. The second-order valence-electron chi connectivity index (χ2n) is 4.17. The molecule has 0 bridgehead atoms. The Morgan fingerprint density at radius 1 is 1.39 bits per heavy atom. The molecule has 4 heteroatoms. The van der Waals surface area contributed by atoms with E-state index in [-0.39, 0.29) is 17.8 Å². The molecule has 1 atom stereocenters. The minimum Gasteiger partial charge on any atom is -0.467 e. The van der Waals surface area contributed by atoms with Crippen LogP contribution in [-0.4, -0.2) is 5.91 Å². The van der Waals surface area contributed by atoms with E-state index in [4.69, 9.17) is 4.42 Å². The molecule has 1 N–H and O–H groups in total. The minimum atomic E-state index is -0.381. The lowest BCUT2D eigenvalue weighted by molar-refractivity contribution is 0.0935. The smallest absolute Gasteiger partial charge is 0.251 e. The number of hydrogen-bond acceptors (Lipinski definition) is 2. The summed E-state index contributed by atoms with van der Waals surface area (Å²) in [6.45, 7) is 3.46. The highest BCUT2D eigenvalue weighted by Crippen LogP contribution is 2.14. The number of hydrogen-bond donors (Lipinski definition) is 1. The first-order valence-electron chi connectivity index (χ1n) is 5.68. The molecular weight excluding hydrogens is 233 g/mol. The molecule has 3 nitrogen and oxygen atoms in total. The number of aryl methyl sites for hydroxylation is 1. The Balaban J connectivity index is 2.10. The maximum absolute atomic E-state index is 13.4. The summed E-state index contributed by atoms with van der Waals surface area (Å²) in [4.78, 5) is 11.9. The van der Waals surface area contributed by atoms with Crippen LogP contribution >= 0.6 is 0 Å². The van der Waals surface area contributed by atoms with Gasteiger partial charge in [0.15, 0.2) is 0 Å². The van der Waals surface area contributed by atoms with E-state index in [1.54, 1.807) is 44.4 Å². The normalized spacial score (nSPS) is 12.2. The van der Waals surface area contributed by atoms with Crippen molar-refractivity contribution < 1.29 is 13.6 Å². The summed E-state index contributed by atoms with van der Waals surface area (Å²) in [5.41, 5.74) is 0.821. The third kappa shape index (κ3) is 2.59. The average molecular weight is 247 g/mol. The predicted molar refractivity (Wildman–Crippen MR) is 65.7 cm³/mol. The summed E-state index contributed by atoms with van der Waals surface area (Å²) in [7, 11) is 0. The minimum absolute atomic E-state index is 0.253. The van der Waals surface area contributed by atoms with Crippen LogP contribution < -0.4 is 5.32 Å². The van der Waals surface area contributed by atoms with E-state index in [0.717, 1.165) is 0 Å². The quantitative estimate of drug-likeness (QED) is 0.904. The molecule has 0 saturated carbocycles. The van der Waals surface area contributed by atoms with Crippen LogP contribution in [-0.2, 0) is 0 Å². The zero-order valence-corrected chi connectivity index (χ0v) is 10.2. The highest BCUT2D eigenvalue weighted by Gasteiger charge is 2.14. The van der Waals surface area contributed by atoms with Gasteiger partial charge in [-0.15, -0.1) is 0 Å². The van der Waals surface area contributed by atoms with Gasteiger partial charge in [-0.2, -0.15) is 0 Å². The Morgan fingerprint density at radius 3 is 2.78 bits per heavy atom. The Bertz CT molecular complexity index is 549. The highest BCUT2D eigenvalue weighted by molar-refractivity contribution is 5.94. The van der Waals surface area contributed by atoms with Gasteiger partial charge in [-0.05, 0) is 43.7 Å². The van der Waals surface area contributed by atoms with Gasteiger partial charge in [-0.3, -0.25) is 4.79 Å². The zero-order chi connectivity index (χ0) is 13.1. The first-order chi connectivity index (χ1) is 8.58. The standard InChI is InChI=1S/C14H14FNO2/c1-9-5-6-11(8-12(9)15)14(17)16-10(2)13-4-3-7-18-13/h3-8,10H,1-2H3,(H,16,17)/t10-/m0/s1. The zero-order valence-electron chi connectivity index (χ0n) is 10.2. The van der Waals surface area contributed by atoms with Crippen molar-refractivity contribution in [3.05, 3.63) is 59.3 Å². The van der Waals surface area contributed by atoms with Crippen molar-refractivity contribution in [2.45, 2.75) is 19.9 Å². The summed E-state index contributed by atoms with van der Waals surface area (Å²) < 4.78 is 18.5. The summed E-state index contributed by atoms with van der Waals surface area (Å²) in [6, 6.07) is 7.70. The highest BCUT2D eigenvalue weighted by atomic mass is 19.1. The molecule has 1 amide bonds. The molecule has 0 radical (unpaired) electrons. The van der Waals surface area contributed by atoms with Gasteiger partial charge in [-0.25, -0.2) is 4.39 Å². The summed E-state index contributed by atoms with van der Waals surface area (Å²) in [5, 5.41) is 2.75.